The highest BCUT2D eigenvalue weighted by Gasteiger charge is 2.21. The fourth-order valence-corrected chi connectivity index (χ4v) is 3.39. The summed E-state index contributed by atoms with van der Waals surface area (Å²) in [7, 11) is -1.08. The van der Waals surface area contributed by atoms with Crippen molar-refractivity contribution in [2.75, 3.05) is 26.1 Å². The number of hydrogen-bond donors (Lipinski definition) is 2. The first-order chi connectivity index (χ1) is 11.9. The number of nitrogens with one attached hydrogen (secondary N) is 2. The van der Waals surface area contributed by atoms with E-state index >= 15 is 0 Å². The van der Waals surface area contributed by atoms with Gasteiger partial charge in [-0.1, -0.05) is 11.6 Å². The van der Waals surface area contributed by atoms with Gasteiger partial charge in [0.25, 0.3) is 0 Å². The second-order valence-electron chi connectivity index (χ2n) is 4.90. The lowest BCUT2D eigenvalue weighted by Gasteiger charge is -2.11. The lowest BCUT2D eigenvalue weighted by molar-refractivity contribution is -0.115. The Morgan fingerprint density at radius 1 is 1.08 bits per heavy atom. The van der Waals surface area contributed by atoms with Crippen LogP contribution in [0.3, 0.4) is 0 Å². The minimum atomic E-state index is -3.96. The van der Waals surface area contributed by atoms with Gasteiger partial charge in [0.1, 0.15) is 16.4 Å². The number of benzene rings is 2. The topological polar surface area (TPSA) is 93.7 Å². The van der Waals surface area contributed by atoms with E-state index in [4.69, 9.17) is 21.1 Å². The van der Waals surface area contributed by atoms with Crippen LogP contribution < -0.4 is 19.5 Å². The monoisotopic (exact) mass is 384 g/mol. The fraction of sp³-hybridized carbons (Fsp3) is 0.188. The van der Waals surface area contributed by atoms with Gasteiger partial charge in [0, 0.05) is 10.7 Å². The highest BCUT2D eigenvalue weighted by atomic mass is 35.5. The first kappa shape index (κ1) is 19.0. The summed E-state index contributed by atoms with van der Waals surface area (Å²) in [4.78, 5) is 11.8. The predicted molar refractivity (Wildman–Crippen MR) is 94.8 cm³/mol. The smallest absolute Gasteiger partial charge is 0.244 e. The van der Waals surface area contributed by atoms with Crippen LogP contribution in [0.1, 0.15) is 0 Å². The van der Waals surface area contributed by atoms with E-state index in [9.17, 15) is 13.2 Å². The predicted octanol–water partition coefficient (Wildman–Crippen LogP) is 2.27. The number of methoxy groups -OCH3 is 2. The van der Waals surface area contributed by atoms with Gasteiger partial charge in [-0.15, -0.1) is 0 Å². The molecule has 134 valence electrons. The van der Waals surface area contributed by atoms with E-state index in [2.05, 4.69) is 10.0 Å². The lowest BCUT2D eigenvalue weighted by Crippen LogP contribution is -2.33. The van der Waals surface area contributed by atoms with Crippen molar-refractivity contribution in [3.05, 3.63) is 47.5 Å². The fourth-order valence-electron chi connectivity index (χ4n) is 1.98. The lowest BCUT2D eigenvalue weighted by atomic mass is 10.3. The van der Waals surface area contributed by atoms with E-state index in [0.29, 0.717) is 11.4 Å². The Morgan fingerprint density at radius 2 is 1.76 bits per heavy atom. The van der Waals surface area contributed by atoms with Crippen LogP contribution in [0.4, 0.5) is 5.69 Å². The summed E-state index contributed by atoms with van der Waals surface area (Å²) in [6, 6.07) is 10.8. The molecule has 0 aliphatic carbocycles. The molecule has 0 atom stereocenters. The van der Waals surface area contributed by atoms with Crippen molar-refractivity contribution in [1.29, 1.82) is 0 Å². The summed E-state index contributed by atoms with van der Waals surface area (Å²) in [5, 5.41) is 2.82. The van der Waals surface area contributed by atoms with Crippen LogP contribution in [0.5, 0.6) is 11.5 Å². The van der Waals surface area contributed by atoms with Crippen LogP contribution in [-0.4, -0.2) is 35.1 Å². The average molecular weight is 385 g/mol. The van der Waals surface area contributed by atoms with Crippen molar-refractivity contribution in [2.45, 2.75) is 4.90 Å². The number of rotatable bonds is 7. The summed E-state index contributed by atoms with van der Waals surface area (Å²) in [6.07, 6.45) is 0. The number of hydrogen-bond acceptors (Lipinski definition) is 5. The van der Waals surface area contributed by atoms with Crippen molar-refractivity contribution >= 4 is 33.2 Å². The summed E-state index contributed by atoms with van der Waals surface area (Å²) < 4.78 is 37.0. The van der Waals surface area contributed by atoms with Gasteiger partial charge in [-0.3, -0.25) is 4.79 Å². The number of halogens is 1. The number of carbonyl (C=O) groups is 1. The van der Waals surface area contributed by atoms with Crippen molar-refractivity contribution < 1.29 is 22.7 Å². The Labute approximate surface area is 151 Å². The van der Waals surface area contributed by atoms with Crippen LogP contribution in [-0.2, 0) is 14.8 Å². The normalized spacial score (nSPS) is 11.0. The van der Waals surface area contributed by atoms with Crippen molar-refractivity contribution in [2.24, 2.45) is 0 Å². The molecule has 7 nitrogen and oxygen atoms in total. The minimum absolute atomic E-state index is 0.132. The molecule has 0 heterocycles. The van der Waals surface area contributed by atoms with Crippen LogP contribution >= 0.6 is 11.6 Å². The van der Waals surface area contributed by atoms with Crippen LogP contribution in [0.15, 0.2) is 47.4 Å². The zero-order chi connectivity index (χ0) is 18.4. The zero-order valence-electron chi connectivity index (χ0n) is 13.6. The van der Waals surface area contributed by atoms with Gasteiger partial charge in [-0.2, -0.15) is 0 Å². The Morgan fingerprint density at radius 3 is 2.36 bits per heavy atom. The van der Waals surface area contributed by atoms with Gasteiger partial charge >= 0.3 is 0 Å². The third-order valence-corrected chi connectivity index (χ3v) is 4.87. The summed E-state index contributed by atoms with van der Waals surface area (Å²) >= 11 is 5.84. The van der Waals surface area contributed by atoms with Gasteiger partial charge in [-0.25, -0.2) is 13.1 Å². The zero-order valence-corrected chi connectivity index (χ0v) is 15.1. The maximum atomic E-state index is 12.4. The molecule has 0 aromatic heterocycles. The molecule has 2 N–H and O–H groups in total. The van der Waals surface area contributed by atoms with E-state index in [1.807, 2.05) is 0 Å². The van der Waals surface area contributed by atoms with Crippen LogP contribution in [0.2, 0.25) is 5.02 Å². The molecule has 2 aromatic rings. The largest absolute Gasteiger partial charge is 0.497 e. The Bertz CT molecular complexity index is 853. The Balaban J connectivity index is 2.03. The molecule has 9 heteroatoms. The maximum Gasteiger partial charge on any atom is 0.244 e. The highest BCUT2D eigenvalue weighted by molar-refractivity contribution is 7.89. The number of amides is 1. The molecule has 1 amide bonds. The number of anilines is 1. The molecular formula is C16H17ClN2O5S. The molecule has 0 spiro atoms. The third kappa shape index (κ3) is 5.09. The molecule has 0 unspecified atom stereocenters. The van der Waals surface area contributed by atoms with Gasteiger partial charge in [0.15, 0.2) is 0 Å². The maximum absolute atomic E-state index is 12.4. The standard InChI is InChI=1S/C16H17ClN2O5S/c1-23-13-6-4-12(5-7-13)19-16(20)10-18-25(21,22)15-9-11(17)3-8-14(15)24-2/h3-9,18H,10H2,1-2H3,(H,19,20). The third-order valence-electron chi connectivity index (χ3n) is 3.21. The number of carbonyl (C=O) groups excluding carboxylic acids is 1. The summed E-state index contributed by atoms with van der Waals surface area (Å²) in [5.74, 6) is 0.258. The SMILES string of the molecule is COc1ccc(NC(=O)CNS(=O)(=O)c2cc(Cl)ccc2OC)cc1. The second kappa shape index (κ2) is 8.19. The van der Waals surface area contributed by atoms with E-state index in [0.717, 1.165) is 0 Å². The Hall–Kier alpha value is -2.29. The number of ether oxygens (including phenoxy) is 2. The van der Waals surface area contributed by atoms with Gasteiger partial charge in [-0.05, 0) is 42.5 Å². The highest BCUT2D eigenvalue weighted by Crippen LogP contribution is 2.26. The first-order valence-corrected chi connectivity index (χ1v) is 8.99. The van der Waals surface area contributed by atoms with Gasteiger partial charge in [0.05, 0.1) is 20.8 Å². The van der Waals surface area contributed by atoms with E-state index in [1.165, 1.54) is 32.4 Å². The van der Waals surface area contributed by atoms with Crippen LogP contribution in [0, 0.1) is 0 Å². The molecule has 25 heavy (non-hydrogen) atoms. The van der Waals surface area contributed by atoms with E-state index in [-0.39, 0.29) is 15.7 Å². The minimum Gasteiger partial charge on any atom is -0.497 e. The molecular weight excluding hydrogens is 368 g/mol. The van der Waals surface area contributed by atoms with Gasteiger partial charge in [0.2, 0.25) is 15.9 Å². The molecule has 0 bridgehead atoms. The van der Waals surface area contributed by atoms with E-state index in [1.54, 1.807) is 24.3 Å². The summed E-state index contributed by atoms with van der Waals surface area (Å²) in [6.45, 7) is -0.440. The van der Waals surface area contributed by atoms with E-state index < -0.39 is 22.5 Å². The van der Waals surface area contributed by atoms with Crippen molar-refractivity contribution in [3.8, 4) is 11.5 Å². The molecule has 0 radical (unpaired) electrons. The molecule has 2 rings (SSSR count). The molecule has 0 fully saturated rings. The molecule has 0 aliphatic heterocycles. The first-order valence-electron chi connectivity index (χ1n) is 7.13. The molecule has 0 saturated carbocycles. The quantitative estimate of drug-likeness (QED) is 0.763. The molecule has 0 saturated heterocycles. The Kier molecular flexibility index (Phi) is 6.24. The molecule has 2 aromatic carbocycles. The summed E-state index contributed by atoms with van der Waals surface area (Å²) in [5.41, 5.74) is 0.519. The van der Waals surface area contributed by atoms with Gasteiger partial charge < -0.3 is 14.8 Å². The second-order valence-corrected chi connectivity index (χ2v) is 7.07. The van der Waals surface area contributed by atoms with Crippen molar-refractivity contribution in [3.63, 3.8) is 0 Å². The van der Waals surface area contributed by atoms with Crippen LogP contribution in [0.25, 0.3) is 0 Å². The molecule has 0 aliphatic rings. The number of sulfonamides is 1. The van der Waals surface area contributed by atoms with Crippen molar-refractivity contribution in [1.82, 2.24) is 4.72 Å². The average Bonchev–Trinajstić information content (AvgIpc) is 2.61.